The predicted molar refractivity (Wildman–Crippen MR) is 112 cm³/mol. The average molecular weight is 457 g/mol. The van der Waals surface area contributed by atoms with Gasteiger partial charge in [-0.2, -0.15) is 0 Å². The summed E-state index contributed by atoms with van der Waals surface area (Å²) in [7, 11) is -3.73. The van der Waals surface area contributed by atoms with E-state index in [1.807, 2.05) is 0 Å². The van der Waals surface area contributed by atoms with Crippen LogP contribution in [0.1, 0.15) is 18.4 Å². The molecule has 1 aliphatic rings. The molecule has 3 rings (SSSR count). The molecule has 1 fully saturated rings. The fourth-order valence-corrected chi connectivity index (χ4v) is 4.62. The number of hydrogen-bond acceptors (Lipinski definition) is 3. The Bertz CT molecular complexity index is 1020. The van der Waals surface area contributed by atoms with Crippen LogP contribution in [0.4, 0.5) is 4.39 Å². The van der Waals surface area contributed by atoms with Crippen LogP contribution in [0.15, 0.2) is 53.4 Å². The van der Waals surface area contributed by atoms with Crippen molar-refractivity contribution in [1.29, 1.82) is 0 Å². The maximum Gasteiger partial charge on any atom is 0.246 e. The van der Waals surface area contributed by atoms with Gasteiger partial charge in [-0.1, -0.05) is 29.3 Å². The predicted octanol–water partition coefficient (Wildman–Crippen LogP) is 4.12. The van der Waals surface area contributed by atoms with Crippen LogP contribution in [0.3, 0.4) is 0 Å². The highest BCUT2D eigenvalue weighted by molar-refractivity contribution is 7.89. The lowest BCUT2D eigenvalue weighted by Gasteiger charge is -2.31. The first-order chi connectivity index (χ1) is 13.7. The zero-order chi connectivity index (χ0) is 21.0. The van der Waals surface area contributed by atoms with Crippen LogP contribution in [0.5, 0.6) is 0 Å². The molecule has 0 bridgehead atoms. The third-order valence-electron chi connectivity index (χ3n) is 4.61. The van der Waals surface area contributed by atoms with E-state index in [0.717, 1.165) is 17.7 Å². The van der Waals surface area contributed by atoms with Crippen molar-refractivity contribution < 1.29 is 17.6 Å². The van der Waals surface area contributed by atoms with Gasteiger partial charge in [0.1, 0.15) is 5.82 Å². The highest BCUT2D eigenvalue weighted by atomic mass is 35.5. The molecule has 9 heteroatoms. The summed E-state index contributed by atoms with van der Waals surface area (Å²) in [6, 6.07) is 9.47. The van der Waals surface area contributed by atoms with Crippen LogP contribution in [0, 0.1) is 5.82 Å². The van der Waals surface area contributed by atoms with E-state index < -0.39 is 15.8 Å². The van der Waals surface area contributed by atoms with Crippen molar-refractivity contribution in [2.24, 2.45) is 0 Å². The van der Waals surface area contributed by atoms with Gasteiger partial charge in [-0.15, -0.1) is 0 Å². The minimum absolute atomic E-state index is 0.0157. The minimum Gasteiger partial charge on any atom is -0.339 e. The highest BCUT2D eigenvalue weighted by Gasteiger charge is 2.26. The van der Waals surface area contributed by atoms with Gasteiger partial charge in [0.25, 0.3) is 0 Å². The Morgan fingerprint density at radius 1 is 1.07 bits per heavy atom. The number of carbonyl (C=O) groups is 1. The van der Waals surface area contributed by atoms with Crippen molar-refractivity contribution in [3.05, 3.63) is 70.0 Å². The fraction of sp³-hybridized carbons (Fsp3) is 0.250. The lowest BCUT2D eigenvalue weighted by molar-refractivity contribution is -0.126. The number of benzene rings is 2. The van der Waals surface area contributed by atoms with Crippen LogP contribution in [-0.4, -0.2) is 38.4 Å². The Hall–Kier alpha value is -1.93. The van der Waals surface area contributed by atoms with Gasteiger partial charge in [-0.25, -0.2) is 17.5 Å². The lowest BCUT2D eigenvalue weighted by Crippen LogP contribution is -2.46. The van der Waals surface area contributed by atoms with E-state index in [1.165, 1.54) is 18.2 Å². The molecular weight excluding hydrogens is 438 g/mol. The number of nitrogens with one attached hydrogen (secondary N) is 1. The first-order valence-electron chi connectivity index (χ1n) is 8.94. The minimum atomic E-state index is -3.73. The van der Waals surface area contributed by atoms with Gasteiger partial charge in [-0.3, -0.25) is 4.79 Å². The van der Waals surface area contributed by atoms with Gasteiger partial charge < -0.3 is 4.90 Å². The second-order valence-corrected chi connectivity index (χ2v) is 9.21. The van der Waals surface area contributed by atoms with Crippen LogP contribution in [-0.2, 0) is 14.8 Å². The number of rotatable bonds is 5. The lowest BCUT2D eigenvalue weighted by atomic mass is 10.1. The molecule has 5 nitrogen and oxygen atoms in total. The molecule has 2 aromatic carbocycles. The van der Waals surface area contributed by atoms with Gasteiger partial charge in [-0.05, 0) is 60.9 Å². The molecule has 0 unspecified atom stereocenters. The molecule has 0 radical (unpaired) electrons. The zero-order valence-corrected chi connectivity index (χ0v) is 17.6. The number of amides is 1. The Morgan fingerprint density at radius 3 is 2.34 bits per heavy atom. The van der Waals surface area contributed by atoms with Crippen LogP contribution in [0.25, 0.3) is 6.08 Å². The molecular formula is C20H19Cl2FN2O3S. The van der Waals surface area contributed by atoms with Crippen molar-refractivity contribution in [3.63, 3.8) is 0 Å². The molecule has 0 aromatic heterocycles. The molecule has 0 aliphatic carbocycles. The Labute approximate surface area is 179 Å². The average Bonchev–Trinajstić information content (AvgIpc) is 2.69. The maximum absolute atomic E-state index is 13.0. The first kappa shape index (κ1) is 21.8. The molecule has 1 saturated heterocycles. The van der Waals surface area contributed by atoms with Gasteiger partial charge in [0.05, 0.1) is 14.9 Å². The molecule has 0 saturated carbocycles. The van der Waals surface area contributed by atoms with E-state index in [0.29, 0.717) is 36.0 Å². The van der Waals surface area contributed by atoms with Gasteiger partial charge in [0.15, 0.2) is 0 Å². The summed E-state index contributed by atoms with van der Waals surface area (Å²) in [5, 5.41) is 0.857. The SMILES string of the molecule is O=C(/C=C/c1ccc(Cl)c(Cl)c1)N1CCC(NS(=O)(=O)c2ccc(F)cc2)CC1. The van der Waals surface area contributed by atoms with Crippen molar-refractivity contribution in [2.45, 2.75) is 23.8 Å². The summed E-state index contributed by atoms with van der Waals surface area (Å²) in [6.45, 7) is 0.863. The zero-order valence-electron chi connectivity index (χ0n) is 15.3. The van der Waals surface area contributed by atoms with Gasteiger partial charge in [0.2, 0.25) is 15.9 Å². The largest absolute Gasteiger partial charge is 0.339 e. The summed E-state index contributed by atoms with van der Waals surface area (Å²) in [6.07, 6.45) is 4.11. The van der Waals surface area contributed by atoms with Gasteiger partial charge >= 0.3 is 0 Å². The second-order valence-electron chi connectivity index (χ2n) is 6.68. The van der Waals surface area contributed by atoms with E-state index in [2.05, 4.69) is 4.72 Å². The van der Waals surface area contributed by atoms with Crippen molar-refractivity contribution >= 4 is 45.2 Å². The van der Waals surface area contributed by atoms with E-state index in [-0.39, 0.29) is 16.8 Å². The normalized spacial score (nSPS) is 15.8. The number of hydrogen-bond donors (Lipinski definition) is 1. The Balaban J connectivity index is 1.54. The van der Waals surface area contributed by atoms with Crippen molar-refractivity contribution in [1.82, 2.24) is 9.62 Å². The molecule has 1 aliphatic heterocycles. The Kier molecular flexibility index (Phi) is 6.95. The number of nitrogens with zero attached hydrogens (tertiary/aromatic N) is 1. The van der Waals surface area contributed by atoms with E-state index in [9.17, 15) is 17.6 Å². The summed E-state index contributed by atoms with van der Waals surface area (Å²) >= 11 is 11.8. The summed E-state index contributed by atoms with van der Waals surface area (Å²) < 4.78 is 40.4. The number of piperidine rings is 1. The molecule has 2 aromatic rings. The number of carbonyl (C=O) groups excluding carboxylic acids is 1. The fourth-order valence-electron chi connectivity index (χ4n) is 3.01. The highest BCUT2D eigenvalue weighted by Crippen LogP contribution is 2.23. The molecule has 1 N–H and O–H groups in total. The molecule has 154 valence electrons. The number of sulfonamides is 1. The van der Waals surface area contributed by atoms with Crippen molar-refractivity contribution in [3.8, 4) is 0 Å². The van der Waals surface area contributed by atoms with Crippen LogP contribution >= 0.6 is 23.2 Å². The summed E-state index contributed by atoms with van der Waals surface area (Å²) in [5.74, 6) is -0.652. The summed E-state index contributed by atoms with van der Waals surface area (Å²) in [4.78, 5) is 14.1. The second kappa shape index (κ2) is 9.26. The molecule has 29 heavy (non-hydrogen) atoms. The van der Waals surface area contributed by atoms with E-state index >= 15 is 0 Å². The molecule has 1 heterocycles. The third kappa shape index (κ3) is 5.79. The monoisotopic (exact) mass is 456 g/mol. The van der Waals surface area contributed by atoms with E-state index in [4.69, 9.17) is 23.2 Å². The quantitative estimate of drug-likeness (QED) is 0.688. The molecule has 0 atom stereocenters. The molecule has 0 spiro atoms. The van der Waals surface area contributed by atoms with Crippen molar-refractivity contribution in [2.75, 3.05) is 13.1 Å². The topological polar surface area (TPSA) is 66.5 Å². The van der Waals surface area contributed by atoms with Gasteiger partial charge in [0, 0.05) is 25.2 Å². The maximum atomic E-state index is 13.0. The first-order valence-corrected chi connectivity index (χ1v) is 11.2. The third-order valence-corrected chi connectivity index (χ3v) is 6.89. The smallest absolute Gasteiger partial charge is 0.246 e. The van der Waals surface area contributed by atoms with Crippen LogP contribution in [0.2, 0.25) is 10.0 Å². The van der Waals surface area contributed by atoms with Crippen LogP contribution < -0.4 is 4.72 Å². The number of likely N-dealkylation sites (tertiary alicyclic amines) is 1. The summed E-state index contributed by atoms with van der Waals surface area (Å²) in [5.41, 5.74) is 0.759. The van der Waals surface area contributed by atoms with E-state index in [1.54, 1.807) is 29.2 Å². The number of halogens is 3. The molecule has 1 amide bonds. The Morgan fingerprint density at radius 2 is 1.72 bits per heavy atom. The standard InChI is InChI=1S/C20H19Cl2FN2O3S/c21-18-7-1-14(13-19(18)22)2-8-20(26)25-11-9-16(10-12-25)24-29(27,28)17-5-3-15(23)4-6-17/h1-8,13,16,24H,9-12H2/b8-2+.